The maximum atomic E-state index is 3.67. The quantitative estimate of drug-likeness (QED) is 0.732. The van der Waals surface area contributed by atoms with Crippen LogP contribution < -0.4 is 5.32 Å². The van der Waals surface area contributed by atoms with Gasteiger partial charge in [0.15, 0.2) is 0 Å². The van der Waals surface area contributed by atoms with E-state index in [0.717, 1.165) is 12.5 Å². The van der Waals surface area contributed by atoms with Gasteiger partial charge in [-0.15, -0.1) is 11.3 Å². The van der Waals surface area contributed by atoms with Crippen LogP contribution in [0.15, 0.2) is 17.5 Å². The fraction of sp³-hybridized carbons (Fsp3) is 0.692. The van der Waals surface area contributed by atoms with Crippen LogP contribution in [0.4, 0.5) is 0 Å². The van der Waals surface area contributed by atoms with Gasteiger partial charge in [-0.3, -0.25) is 0 Å². The molecule has 1 N–H and O–H groups in total. The van der Waals surface area contributed by atoms with E-state index in [2.05, 4.69) is 43.6 Å². The second kappa shape index (κ2) is 7.02. The summed E-state index contributed by atoms with van der Waals surface area (Å²) in [5.41, 5.74) is 0. The summed E-state index contributed by atoms with van der Waals surface area (Å²) in [6.07, 6.45) is 3.79. The molecule has 2 heteroatoms. The summed E-state index contributed by atoms with van der Waals surface area (Å²) < 4.78 is 0. The monoisotopic (exact) mass is 225 g/mol. The zero-order chi connectivity index (χ0) is 11.1. The normalized spacial score (nSPS) is 15.1. The third kappa shape index (κ3) is 3.96. The molecule has 1 heterocycles. The molecule has 0 radical (unpaired) electrons. The summed E-state index contributed by atoms with van der Waals surface area (Å²) in [6, 6.07) is 4.97. The van der Waals surface area contributed by atoms with Crippen molar-refractivity contribution in [3.8, 4) is 0 Å². The lowest BCUT2D eigenvalue weighted by atomic mass is 9.95. The minimum atomic E-state index is 0.560. The maximum absolute atomic E-state index is 3.67. The van der Waals surface area contributed by atoms with Crippen LogP contribution >= 0.6 is 11.3 Å². The summed E-state index contributed by atoms with van der Waals surface area (Å²) >= 11 is 1.87. The van der Waals surface area contributed by atoms with Crippen molar-refractivity contribution in [1.29, 1.82) is 0 Å². The van der Waals surface area contributed by atoms with Crippen LogP contribution in [0.2, 0.25) is 0 Å². The van der Waals surface area contributed by atoms with E-state index in [0.29, 0.717) is 6.04 Å². The standard InChI is InChI=1S/C13H23NS/c1-4-7-11(3)13(14-9-5-2)12-8-6-10-15-12/h6,8,10-11,13-14H,4-5,7,9H2,1-3H3. The predicted octanol–water partition coefficient (Wildman–Crippen LogP) is 4.23. The molecule has 0 aromatic carbocycles. The van der Waals surface area contributed by atoms with E-state index in [-0.39, 0.29) is 0 Å². The molecule has 15 heavy (non-hydrogen) atoms. The Balaban J connectivity index is 2.60. The average molecular weight is 225 g/mol. The van der Waals surface area contributed by atoms with Crippen molar-refractivity contribution >= 4 is 11.3 Å². The van der Waals surface area contributed by atoms with Crippen molar-refractivity contribution in [1.82, 2.24) is 5.32 Å². The first-order valence-corrected chi connectivity index (χ1v) is 6.94. The Bertz CT molecular complexity index is 243. The SMILES string of the molecule is CCCNC(c1cccs1)C(C)CCC. The highest BCUT2D eigenvalue weighted by Gasteiger charge is 2.18. The Labute approximate surface area is 97.9 Å². The van der Waals surface area contributed by atoms with Gasteiger partial charge in [-0.05, 0) is 36.8 Å². The predicted molar refractivity (Wildman–Crippen MR) is 69.4 cm³/mol. The Morgan fingerprint density at radius 3 is 2.67 bits per heavy atom. The molecule has 0 spiro atoms. The highest BCUT2D eigenvalue weighted by molar-refractivity contribution is 7.10. The summed E-state index contributed by atoms with van der Waals surface area (Å²) in [6.45, 7) is 7.97. The molecule has 0 aliphatic rings. The molecule has 0 bridgehead atoms. The number of thiophene rings is 1. The number of nitrogens with one attached hydrogen (secondary N) is 1. The van der Waals surface area contributed by atoms with Crippen LogP contribution in [0.25, 0.3) is 0 Å². The van der Waals surface area contributed by atoms with Crippen molar-refractivity contribution in [3.05, 3.63) is 22.4 Å². The first-order valence-electron chi connectivity index (χ1n) is 6.06. The van der Waals surface area contributed by atoms with Crippen molar-refractivity contribution < 1.29 is 0 Å². The van der Waals surface area contributed by atoms with E-state index in [1.54, 1.807) is 0 Å². The van der Waals surface area contributed by atoms with Gasteiger partial charge in [0.2, 0.25) is 0 Å². The van der Waals surface area contributed by atoms with E-state index in [4.69, 9.17) is 0 Å². The largest absolute Gasteiger partial charge is 0.309 e. The number of hydrogen-bond donors (Lipinski definition) is 1. The van der Waals surface area contributed by atoms with Crippen LogP contribution in [0.5, 0.6) is 0 Å². The Kier molecular flexibility index (Phi) is 5.96. The molecule has 2 unspecified atom stereocenters. The van der Waals surface area contributed by atoms with E-state index >= 15 is 0 Å². The second-order valence-electron chi connectivity index (χ2n) is 4.21. The van der Waals surface area contributed by atoms with Crippen LogP contribution in [-0.4, -0.2) is 6.54 Å². The van der Waals surface area contributed by atoms with Gasteiger partial charge in [0.25, 0.3) is 0 Å². The van der Waals surface area contributed by atoms with E-state index in [9.17, 15) is 0 Å². The summed E-state index contributed by atoms with van der Waals surface area (Å²) in [5.74, 6) is 0.736. The maximum Gasteiger partial charge on any atom is 0.0440 e. The minimum absolute atomic E-state index is 0.560. The van der Waals surface area contributed by atoms with Crippen LogP contribution in [0, 0.1) is 5.92 Å². The molecule has 1 aromatic rings. The molecule has 86 valence electrons. The lowest BCUT2D eigenvalue weighted by Crippen LogP contribution is -2.26. The molecule has 2 atom stereocenters. The van der Waals surface area contributed by atoms with Crippen molar-refractivity contribution in [2.24, 2.45) is 5.92 Å². The summed E-state index contributed by atoms with van der Waals surface area (Å²) in [4.78, 5) is 1.49. The van der Waals surface area contributed by atoms with Gasteiger partial charge in [-0.2, -0.15) is 0 Å². The minimum Gasteiger partial charge on any atom is -0.309 e. The molecule has 1 aromatic heterocycles. The molecular weight excluding hydrogens is 202 g/mol. The van der Waals surface area contributed by atoms with Crippen LogP contribution in [0.3, 0.4) is 0 Å². The molecule has 1 nitrogen and oxygen atoms in total. The van der Waals surface area contributed by atoms with Gasteiger partial charge in [0.1, 0.15) is 0 Å². The first kappa shape index (κ1) is 12.7. The van der Waals surface area contributed by atoms with E-state index in [1.165, 1.54) is 24.1 Å². The zero-order valence-electron chi connectivity index (χ0n) is 10.1. The molecule has 0 saturated heterocycles. The van der Waals surface area contributed by atoms with Gasteiger partial charge in [-0.1, -0.05) is 33.3 Å². The Morgan fingerprint density at radius 1 is 1.33 bits per heavy atom. The third-order valence-electron chi connectivity index (χ3n) is 2.78. The van der Waals surface area contributed by atoms with Crippen molar-refractivity contribution in [2.75, 3.05) is 6.54 Å². The highest BCUT2D eigenvalue weighted by Crippen LogP contribution is 2.28. The molecule has 0 aliphatic carbocycles. The Hall–Kier alpha value is -0.340. The van der Waals surface area contributed by atoms with Gasteiger partial charge >= 0.3 is 0 Å². The molecular formula is C13H23NS. The van der Waals surface area contributed by atoms with Gasteiger partial charge in [-0.25, -0.2) is 0 Å². The number of hydrogen-bond acceptors (Lipinski definition) is 2. The molecule has 0 saturated carbocycles. The lowest BCUT2D eigenvalue weighted by Gasteiger charge is -2.24. The Morgan fingerprint density at radius 2 is 2.13 bits per heavy atom. The third-order valence-corrected chi connectivity index (χ3v) is 3.73. The van der Waals surface area contributed by atoms with Crippen molar-refractivity contribution in [2.45, 2.75) is 46.1 Å². The van der Waals surface area contributed by atoms with Gasteiger partial charge < -0.3 is 5.32 Å². The average Bonchev–Trinajstić information content (AvgIpc) is 2.72. The summed E-state index contributed by atoms with van der Waals surface area (Å²) in [7, 11) is 0. The smallest absolute Gasteiger partial charge is 0.0440 e. The molecule has 1 rings (SSSR count). The molecule has 0 fully saturated rings. The van der Waals surface area contributed by atoms with E-state index in [1.807, 2.05) is 11.3 Å². The molecule has 0 amide bonds. The van der Waals surface area contributed by atoms with Crippen LogP contribution in [-0.2, 0) is 0 Å². The van der Waals surface area contributed by atoms with Gasteiger partial charge in [0.05, 0.1) is 0 Å². The first-order chi connectivity index (χ1) is 7.29. The van der Waals surface area contributed by atoms with E-state index < -0.39 is 0 Å². The summed E-state index contributed by atoms with van der Waals surface area (Å²) in [5, 5.41) is 5.84. The topological polar surface area (TPSA) is 12.0 Å². The molecule has 0 aliphatic heterocycles. The van der Waals surface area contributed by atoms with Gasteiger partial charge in [0, 0.05) is 10.9 Å². The zero-order valence-corrected chi connectivity index (χ0v) is 10.9. The number of rotatable bonds is 7. The highest BCUT2D eigenvalue weighted by atomic mass is 32.1. The van der Waals surface area contributed by atoms with Crippen LogP contribution in [0.1, 0.15) is 51.0 Å². The second-order valence-corrected chi connectivity index (χ2v) is 5.19. The fourth-order valence-electron chi connectivity index (χ4n) is 1.97. The fourth-order valence-corrected chi connectivity index (χ4v) is 2.91. The lowest BCUT2D eigenvalue weighted by molar-refractivity contribution is 0.368. The van der Waals surface area contributed by atoms with Crippen molar-refractivity contribution in [3.63, 3.8) is 0 Å².